The van der Waals surface area contributed by atoms with E-state index in [4.69, 9.17) is 49.4 Å². The second-order valence-corrected chi connectivity index (χ2v) is 6.64. The van der Waals surface area contributed by atoms with Crippen molar-refractivity contribution in [1.82, 2.24) is 5.32 Å². The number of methoxy groups -OCH3 is 1. The van der Waals surface area contributed by atoms with Crippen LogP contribution in [0, 0.1) is 0 Å². The molecule has 0 heterocycles. The summed E-state index contributed by atoms with van der Waals surface area (Å²) in [5.41, 5.74) is 1.77. The zero-order valence-electron chi connectivity index (χ0n) is 13.8. The van der Waals surface area contributed by atoms with E-state index in [1.165, 1.54) is 0 Å². The van der Waals surface area contributed by atoms with Crippen LogP contribution in [0.3, 0.4) is 0 Å². The Morgan fingerprint density at radius 3 is 2.56 bits per heavy atom. The molecule has 2 aromatic carbocycles. The lowest BCUT2D eigenvalue weighted by molar-refractivity contribution is 0.284. The molecule has 4 nitrogen and oxygen atoms in total. The van der Waals surface area contributed by atoms with Crippen LogP contribution < -0.4 is 14.8 Å². The van der Waals surface area contributed by atoms with Gasteiger partial charge in [-0.05, 0) is 42.8 Å². The molecule has 25 heavy (non-hydrogen) atoms. The first-order chi connectivity index (χ1) is 12.0. The first-order valence-corrected chi connectivity index (χ1v) is 8.93. The van der Waals surface area contributed by atoms with Crippen LogP contribution in [0.15, 0.2) is 30.3 Å². The van der Waals surface area contributed by atoms with Crippen molar-refractivity contribution in [1.29, 1.82) is 0 Å². The van der Waals surface area contributed by atoms with Crippen molar-refractivity contribution < 1.29 is 14.6 Å². The molecule has 136 valence electrons. The molecule has 2 aromatic rings. The van der Waals surface area contributed by atoms with Gasteiger partial charge in [-0.25, -0.2) is 0 Å². The lowest BCUT2D eigenvalue weighted by Gasteiger charge is -2.15. The van der Waals surface area contributed by atoms with E-state index in [1.807, 2.05) is 18.2 Å². The summed E-state index contributed by atoms with van der Waals surface area (Å²) in [4.78, 5) is 0. The summed E-state index contributed by atoms with van der Waals surface area (Å²) in [6, 6.07) is 8.93. The number of ether oxygens (including phenoxy) is 2. The maximum absolute atomic E-state index is 8.80. The van der Waals surface area contributed by atoms with Gasteiger partial charge in [0, 0.05) is 28.8 Å². The highest BCUT2D eigenvalue weighted by molar-refractivity contribution is 6.35. The predicted molar refractivity (Wildman–Crippen MR) is 102 cm³/mol. The van der Waals surface area contributed by atoms with Gasteiger partial charge in [-0.3, -0.25) is 0 Å². The van der Waals surface area contributed by atoms with Crippen molar-refractivity contribution in [3.05, 3.63) is 56.5 Å². The molecule has 0 radical (unpaired) electrons. The Labute approximate surface area is 162 Å². The molecule has 0 amide bonds. The average Bonchev–Trinajstić information content (AvgIpc) is 2.58. The van der Waals surface area contributed by atoms with Gasteiger partial charge in [-0.1, -0.05) is 40.9 Å². The molecule has 0 aliphatic rings. The number of halogens is 3. The highest BCUT2D eigenvalue weighted by Crippen LogP contribution is 2.37. The Morgan fingerprint density at radius 1 is 1.08 bits per heavy atom. The topological polar surface area (TPSA) is 50.7 Å². The summed E-state index contributed by atoms with van der Waals surface area (Å²) < 4.78 is 11.2. The maximum Gasteiger partial charge on any atom is 0.180 e. The molecule has 0 saturated carbocycles. The second kappa shape index (κ2) is 10.1. The molecular weight excluding hydrogens is 385 g/mol. The Morgan fingerprint density at radius 2 is 1.88 bits per heavy atom. The summed E-state index contributed by atoms with van der Waals surface area (Å²) in [6.07, 6.45) is 0.702. The standard InChI is InChI=1S/C18H20Cl3NO3/c1-24-17-8-12(10-22-5-2-6-23)7-16(21)18(17)25-11-13-3-4-14(19)9-15(13)20/h3-4,7-9,22-23H,2,5-6,10-11H2,1H3. The zero-order chi connectivity index (χ0) is 18.2. The minimum absolute atomic E-state index is 0.164. The predicted octanol–water partition coefficient (Wildman–Crippen LogP) is 4.71. The highest BCUT2D eigenvalue weighted by Gasteiger charge is 2.13. The second-order valence-electron chi connectivity index (χ2n) is 5.39. The highest BCUT2D eigenvalue weighted by atomic mass is 35.5. The van der Waals surface area contributed by atoms with Crippen LogP contribution in [-0.4, -0.2) is 25.4 Å². The fourth-order valence-corrected chi connectivity index (χ4v) is 2.99. The van der Waals surface area contributed by atoms with Crippen LogP contribution in [0.2, 0.25) is 15.1 Å². The fourth-order valence-electron chi connectivity index (χ4n) is 2.24. The van der Waals surface area contributed by atoms with Crippen molar-refractivity contribution in [2.75, 3.05) is 20.3 Å². The van der Waals surface area contributed by atoms with Crippen LogP contribution in [0.1, 0.15) is 17.5 Å². The van der Waals surface area contributed by atoms with Crippen molar-refractivity contribution in [2.24, 2.45) is 0 Å². The normalized spacial score (nSPS) is 10.8. The number of aliphatic hydroxyl groups excluding tert-OH is 1. The molecule has 0 spiro atoms. The van der Waals surface area contributed by atoms with E-state index >= 15 is 0 Å². The molecule has 0 bridgehead atoms. The summed E-state index contributed by atoms with van der Waals surface area (Å²) in [5.74, 6) is 1.02. The number of hydrogen-bond acceptors (Lipinski definition) is 4. The summed E-state index contributed by atoms with van der Waals surface area (Å²) >= 11 is 18.4. The molecule has 2 N–H and O–H groups in total. The van der Waals surface area contributed by atoms with E-state index in [-0.39, 0.29) is 13.2 Å². The van der Waals surface area contributed by atoms with Gasteiger partial charge in [-0.2, -0.15) is 0 Å². The first kappa shape index (κ1) is 20.1. The molecule has 0 saturated heterocycles. The third kappa shape index (κ3) is 5.94. The molecule has 0 fully saturated rings. The van der Waals surface area contributed by atoms with Crippen LogP contribution >= 0.6 is 34.8 Å². The molecular formula is C18H20Cl3NO3. The minimum Gasteiger partial charge on any atom is -0.493 e. The van der Waals surface area contributed by atoms with Gasteiger partial charge in [0.2, 0.25) is 0 Å². The average molecular weight is 405 g/mol. The van der Waals surface area contributed by atoms with Gasteiger partial charge in [0.15, 0.2) is 11.5 Å². The Hall–Kier alpha value is -1.17. The largest absolute Gasteiger partial charge is 0.493 e. The smallest absolute Gasteiger partial charge is 0.180 e. The lowest BCUT2D eigenvalue weighted by atomic mass is 10.2. The summed E-state index contributed by atoms with van der Waals surface area (Å²) in [5, 5.41) is 13.6. The third-order valence-corrected chi connectivity index (χ3v) is 4.38. The molecule has 2 rings (SSSR count). The van der Waals surface area contributed by atoms with Gasteiger partial charge in [0.05, 0.1) is 12.1 Å². The van der Waals surface area contributed by atoms with Crippen LogP contribution in [0.4, 0.5) is 0 Å². The number of hydrogen-bond donors (Lipinski definition) is 2. The van der Waals surface area contributed by atoms with Gasteiger partial charge < -0.3 is 19.9 Å². The Balaban J connectivity index is 2.09. The van der Waals surface area contributed by atoms with E-state index in [0.717, 1.165) is 17.7 Å². The van der Waals surface area contributed by atoms with Crippen LogP contribution in [0.25, 0.3) is 0 Å². The molecule has 0 atom stereocenters. The first-order valence-electron chi connectivity index (χ1n) is 7.80. The number of benzene rings is 2. The number of rotatable bonds is 9. The van der Waals surface area contributed by atoms with E-state index < -0.39 is 0 Å². The van der Waals surface area contributed by atoms with E-state index in [2.05, 4.69) is 5.32 Å². The van der Waals surface area contributed by atoms with E-state index in [9.17, 15) is 0 Å². The Kier molecular flexibility index (Phi) is 8.13. The number of aliphatic hydroxyl groups is 1. The monoisotopic (exact) mass is 403 g/mol. The van der Waals surface area contributed by atoms with Crippen LogP contribution in [-0.2, 0) is 13.2 Å². The minimum atomic E-state index is 0.164. The third-order valence-electron chi connectivity index (χ3n) is 3.52. The van der Waals surface area contributed by atoms with Crippen molar-refractivity contribution in [3.63, 3.8) is 0 Å². The van der Waals surface area contributed by atoms with Crippen LogP contribution in [0.5, 0.6) is 11.5 Å². The molecule has 0 aliphatic heterocycles. The van der Waals surface area contributed by atoms with Gasteiger partial charge in [-0.15, -0.1) is 0 Å². The van der Waals surface area contributed by atoms with E-state index in [1.54, 1.807) is 19.2 Å². The zero-order valence-corrected chi connectivity index (χ0v) is 16.1. The molecule has 0 unspecified atom stereocenters. The number of nitrogens with one attached hydrogen (secondary N) is 1. The van der Waals surface area contributed by atoms with Crippen molar-refractivity contribution >= 4 is 34.8 Å². The molecule has 0 aliphatic carbocycles. The molecule has 0 aromatic heterocycles. The fraction of sp³-hybridized carbons (Fsp3) is 0.333. The Bertz CT molecular complexity index is 710. The molecule has 7 heteroatoms. The SMILES string of the molecule is COc1cc(CNCCCO)cc(Cl)c1OCc1ccc(Cl)cc1Cl. The van der Waals surface area contributed by atoms with Crippen molar-refractivity contribution in [2.45, 2.75) is 19.6 Å². The van der Waals surface area contributed by atoms with Gasteiger partial charge >= 0.3 is 0 Å². The van der Waals surface area contributed by atoms with E-state index in [0.29, 0.717) is 39.5 Å². The van der Waals surface area contributed by atoms with Gasteiger partial charge in [0.25, 0.3) is 0 Å². The quantitative estimate of drug-likeness (QED) is 0.594. The maximum atomic E-state index is 8.80. The summed E-state index contributed by atoms with van der Waals surface area (Å²) in [6.45, 7) is 1.76. The van der Waals surface area contributed by atoms with Gasteiger partial charge in [0.1, 0.15) is 6.61 Å². The van der Waals surface area contributed by atoms with Crippen molar-refractivity contribution in [3.8, 4) is 11.5 Å². The summed E-state index contributed by atoms with van der Waals surface area (Å²) in [7, 11) is 1.57. The lowest BCUT2D eigenvalue weighted by Crippen LogP contribution is -2.15.